The zero-order chi connectivity index (χ0) is 15.7. The number of carboxylic acids is 1. The van der Waals surface area contributed by atoms with Crippen LogP contribution in [0.4, 0.5) is 0 Å². The molecule has 1 saturated carbocycles. The molecule has 0 aromatic carbocycles. The van der Waals surface area contributed by atoms with Crippen LogP contribution in [0, 0.1) is 5.92 Å². The highest BCUT2D eigenvalue weighted by Gasteiger charge is 2.26. The molecule has 2 rings (SSSR count). The lowest BCUT2D eigenvalue weighted by atomic mass is 9.87. The van der Waals surface area contributed by atoms with Crippen LogP contribution in [0.25, 0.3) is 0 Å². The van der Waals surface area contributed by atoms with Crippen molar-refractivity contribution in [2.24, 2.45) is 5.92 Å². The Bertz CT molecular complexity index is 649. The molecule has 21 heavy (non-hydrogen) atoms. The maximum atomic E-state index is 12.5. The lowest BCUT2D eigenvalue weighted by Crippen LogP contribution is -2.45. The molecule has 0 atom stereocenters. The van der Waals surface area contributed by atoms with Crippen LogP contribution in [-0.4, -0.2) is 20.2 Å². The molecule has 1 heterocycles. The van der Waals surface area contributed by atoms with Gasteiger partial charge < -0.3 is 5.11 Å². The molecule has 0 amide bonds. The first kappa shape index (κ1) is 15.5. The number of hydrogen-bond donors (Lipinski definition) is 1. The van der Waals surface area contributed by atoms with Crippen molar-refractivity contribution in [1.29, 1.82) is 0 Å². The number of carbonyl (C=O) groups is 1. The van der Waals surface area contributed by atoms with E-state index in [1.165, 1.54) is 10.8 Å². The van der Waals surface area contributed by atoms with Gasteiger partial charge in [-0.05, 0) is 45.4 Å². The summed E-state index contributed by atoms with van der Waals surface area (Å²) in [5, 5.41) is 9.20. The Morgan fingerprint density at radius 1 is 1.24 bits per heavy atom. The average molecular weight is 294 g/mol. The van der Waals surface area contributed by atoms with Crippen LogP contribution >= 0.6 is 0 Å². The zero-order valence-electron chi connectivity index (χ0n) is 12.7. The van der Waals surface area contributed by atoms with Crippen LogP contribution in [-0.2, 0) is 0 Å². The Morgan fingerprint density at radius 2 is 1.81 bits per heavy atom. The summed E-state index contributed by atoms with van der Waals surface area (Å²) < 4.78 is 2.50. The van der Waals surface area contributed by atoms with Gasteiger partial charge in [-0.25, -0.2) is 9.59 Å². The molecule has 6 nitrogen and oxygen atoms in total. The second-order valence-corrected chi connectivity index (χ2v) is 6.22. The van der Waals surface area contributed by atoms with Crippen LogP contribution < -0.4 is 11.2 Å². The molecule has 0 saturated heterocycles. The minimum atomic E-state index is -1.28. The molecule has 1 aliphatic rings. The molecule has 1 N–H and O–H groups in total. The van der Waals surface area contributed by atoms with E-state index in [2.05, 4.69) is 6.92 Å². The normalized spacial score (nSPS) is 22.5. The van der Waals surface area contributed by atoms with Gasteiger partial charge in [-0.2, -0.15) is 0 Å². The van der Waals surface area contributed by atoms with E-state index in [4.69, 9.17) is 0 Å². The van der Waals surface area contributed by atoms with Gasteiger partial charge in [-0.15, -0.1) is 0 Å². The number of hydrogen-bond acceptors (Lipinski definition) is 3. The molecule has 0 spiro atoms. The second-order valence-electron chi connectivity index (χ2n) is 6.22. The summed E-state index contributed by atoms with van der Waals surface area (Å²) in [4.78, 5) is 36.1. The molecule has 0 radical (unpaired) electrons. The van der Waals surface area contributed by atoms with Gasteiger partial charge in [-0.3, -0.25) is 13.9 Å². The molecule has 0 aliphatic heterocycles. The van der Waals surface area contributed by atoms with Crippen molar-refractivity contribution in [3.05, 3.63) is 32.6 Å². The van der Waals surface area contributed by atoms with Crippen molar-refractivity contribution in [2.45, 2.75) is 58.5 Å². The third-order valence-electron chi connectivity index (χ3n) is 4.28. The summed E-state index contributed by atoms with van der Waals surface area (Å²) >= 11 is 0. The summed E-state index contributed by atoms with van der Waals surface area (Å²) in [6, 6.07) is -0.379. The van der Waals surface area contributed by atoms with Gasteiger partial charge in [0.1, 0.15) is 5.56 Å². The molecule has 0 bridgehead atoms. The molecule has 116 valence electrons. The smallest absolute Gasteiger partial charge is 0.342 e. The van der Waals surface area contributed by atoms with Crippen molar-refractivity contribution >= 4 is 5.97 Å². The Labute approximate surface area is 123 Å². The highest BCUT2D eigenvalue weighted by molar-refractivity contribution is 5.86. The van der Waals surface area contributed by atoms with Gasteiger partial charge in [0.15, 0.2) is 0 Å². The summed E-state index contributed by atoms with van der Waals surface area (Å²) in [7, 11) is 0. The quantitative estimate of drug-likeness (QED) is 0.925. The number of rotatable bonds is 3. The van der Waals surface area contributed by atoms with Crippen LogP contribution in [0.3, 0.4) is 0 Å². The second kappa shape index (κ2) is 5.87. The first-order valence-corrected chi connectivity index (χ1v) is 7.44. The first-order valence-electron chi connectivity index (χ1n) is 7.44. The number of aromatic carboxylic acids is 1. The molecule has 6 heteroatoms. The van der Waals surface area contributed by atoms with E-state index in [1.807, 2.05) is 0 Å². The van der Waals surface area contributed by atoms with Crippen molar-refractivity contribution in [1.82, 2.24) is 9.13 Å². The highest BCUT2D eigenvalue weighted by atomic mass is 16.4. The maximum Gasteiger partial charge on any atom is 0.342 e. The van der Waals surface area contributed by atoms with Crippen LogP contribution in [0.15, 0.2) is 15.8 Å². The molecular weight excluding hydrogens is 272 g/mol. The lowest BCUT2D eigenvalue weighted by Gasteiger charge is -2.28. The minimum Gasteiger partial charge on any atom is -0.477 e. The monoisotopic (exact) mass is 294 g/mol. The third kappa shape index (κ3) is 2.94. The van der Waals surface area contributed by atoms with E-state index in [-0.39, 0.29) is 17.6 Å². The molecule has 0 unspecified atom stereocenters. The van der Waals surface area contributed by atoms with Crippen molar-refractivity contribution in [2.75, 3.05) is 0 Å². The van der Waals surface area contributed by atoms with E-state index >= 15 is 0 Å². The molecular formula is C15H22N2O4. The van der Waals surface area contributed by atoms with Crippen molar-refractivity contribution in [3.63, 3.8) is 0 Å². The molecule has 1 aliphatic carbocycles. The Morgan fingerprint density at radius 3 is 2.29 bits per heavy atom. The van der Waals surface area contributed by atoms with Gasteiger partial charge in [0.25, 0.3) is 5.56 Å². The average Bonchev–Trinajstić information content (AvgIpc) is 2.40. The largest absolute Gasteiger partial charge is 0.477 e. The number of aromatic nitrogens is 2. The molecule has 1 fully saturated rings. The lowest BCUT2D eigenvalue weighted by molar-refractivity contribution is 0.0691. The van der Waals surface area contributed by atoms with Crippen LogP contribution in [0.1, 0.15) is 68.9 Å². The topological polar surface area (TPSA) is 81.3 Å². The van der Waals surface area contributed by atoms with Gasteiger partial charge in [-0.1, -0.05) is 6.92 Å². The fourth-order valence-electron chi connectivity index (χ4n) is 2.93. The SMILES string of the molecule is CC1CCC(n2c(=O)c(C(=O)O)cn(C(C)C)c2=O)CC1. The fraction of sp³-hybridized carbons (Fsp3) is 0.667. The van der Waals surface area contributed by atoms with E-state index in [9.17, 15) is 19.5 Å². The zero-order valence-corrected chi connectivity index (χ0v) is 12.7. The summed E-state index contributed by atoms with van der Waals surface area (Å²) in [5.74, 6) is -0.695. The highest BCUT2D eigenvalue weighted by Crippen LogP contribution is 2.30. The van der Waals surface area contributed by atoms with Gasteiger partial charge >= 0.3 is 11.7 Å². The Balaban J connectivity index is 2.61. The Hall–Kier alpha value is -1.85. The third-order valence-corrected chi connectivity index (χ3v) is 4.28. The van der Waals surface area contributed by atoms with E-state index in [0.717, 1.165) is 30.3 Å². The predicted molar refractivity (Wildman–Crippen MR) is 79.0 cm³/mol. The van der Waals surface area contributed by atoms with Gasteiger partial charge in [0.05, 0.1) is 0 Å². The first-order chi connectivity index (χ1) is 9.82. The van der Waals surface area contributed by atoms with E-state index < -0.39 is 17.2 Å². The summed E-state index contributed by atoms with van der Waals surface area (Å²) in [6.45, 7) is 5.74. The fourth-order valence-corrected chi connectivity index (χ4v) is 2.93. The Kier molecular flexibility index (Phi) is 4.34. The van der Waals surface area contributed by atoms with Crippen molar-refractivity contribution < 1.29 is 9.90 Å². The van der Waals surface area contributed by atoms with E-state index in [1.54, 1.807) is 13.8 Å². The van der Waals surface area contributed by atoms with Crippen LogP contribution in [0.2, 0.25) is 0 Å². The predicted octanol–water partition coefficient (Wildman–Crippen LogP) is 2.04. The maximum absolute atomic E-state index is 12.5. The van der Waals surface area contributed by atoms with Crippen LogP contribution in [0.5, 0.6) is 0 Å². The molecule has 1 aromatic heterocycles. The van der Waals surface area contributed by atoms with E-state index in [0.29, 0.717) is 5.92 Å². The molecule has 1 aromatic rings. The standard InChI is InChI=1S/C15H22N2O4/c1-9(2)16-8-12(14(19)20)13(18)17(15(16)21)11-6-4-10(3)5-7-11/h8-11H,4-7H2,1-3H3,(H,19,20). The summed E-state index contributed by atoms with van der Waals surface area (Å²) in [6.07, 6.45) is 4.57. The minimum absolute atomic E-state index is 0.189. The van der Waals surface area contributed by atoms with Gasteiger partial charge in [0, 0.05) is 18.3 Å². The number of carboxylic acid groups (broad SMARTS) is 1. The van der Waals surface area contributed by atoms with Crippen molar-refractivity contribution in [3.8, 4) is 0 Å². The summed E-state index contributed by atoms with van der Waals surface area (Å²) in [5.41, 5.74) is -1.41. The van der Waals surface area contributed by atoms with Gasteiger partial charge in [0.2, 0.25) is 0 Å². The number of nitrogens with zero attached hydrogens (tertiary/aromatic N) is 2.